The van der Waals surface area contributed by atoms with Gasteiger partial charge in [0.05, 0.1) is 23.9 Å². The molecule has 1 N–H and O–H groups in total. The minimum atomic E-state index is -1.03. The van der Waals surface area contributed by atoms with Gasteiger partial charge in [-0.15, -0.1) is 5.10 Å². The Bertz CT molecular complexity index is 845. The van der Waals surface area contributed by atoms with Crippen LogP contribution in [0.1, 0.15) is 10.4 Å². The minimum Gasteiger partial charge on any atom is -0.497 e. The van der Waals surface area contributed by atoms with Crippen molar-refractivity contribution in [3.05, 3.63) is 46.4 Å². The van der Waals surface area contributed by atoms with Gasteiger partial charge in [0.25, 0.3) is 0 Å². The highest BCUT2D eigenvalue weighted by atomic mass is 79.9. The zero-order chi connectivity index (χ0) is 15.0. The Balaban J connectivity index is 2.24. The van der Waals surface area contributed by atoms with E-state index in [0.29, 0.717) is 16.8 Å². The van der Waals surface area contributed by atoms with Gasteiger partial charge in [-0.3, -0.25) is 0 Å². The van der Waals surface area contributed by atoms with E-state index in [-0.39, 0.29) is 5.56 Å². The molecule has 2 aromatic carbocycles. The monoisotopic (exact) mass is 347 g/mol. The van der Waals surface area contributed by atoms with Gasteiger partial charge in [-0.1, -0.05) is 27.2 Å². The summed E-state index contributed by atoms with van der Waals surface area (Å²) in [6.45, 7) is 0. The molecule has 0 fully saturated rings. The van der Waals surface area contributed by atoms with E-state index < -0.39 is 5.97 Å². The van der Waals surface area contributed by atoms with Gasteiger partial charge in [-0.25, -0.2) is 9.48 Å². The molecule has 106 valence electrons. The fraction of sp³-hybridized carbons (Fsp3) is 0.0714. The van der Waals surface area contributed by atoms with Gasteiger partial charge < -0.3 is 9.84 Å². The molecular formula is C14H10BrN3O3. The van der Waals surface area contributed by atoms with Crippen LogP contribution in [-0.4, -0.2) is 33.2 Å². The maximum atomic E-state index is 11.2. The first-order chi connectivity index (χ1) is 10.1. The quantitative estimate of drug-likeness (QED) is 0.788. The Hall–Kier alpha value is -2.41. The van der Waals surface area contributed by atoms with E-state index in [9.17, 15) is 9.90 Å². The number of carboxylic acid groups (broad SMARTS) is 1. The van der Waals surface area contributed by atoms with Crippen molar-refractivity contribution in [3.63, 3.8) is 0 Å². The van der Waals surface area contributed by atoms with E-state index in [1.165, 1.54) is 6.07 Å². The lowest BCUT2D eigenvalue weighted by Crippen LogP contribution is -1.99. The van der Waals surface area contributed by atoms with Gasteiger partial charge in [-0.2, -0.15) is 0 Å². The number of fused-ring (bicyclic) bond motifs is 1. The second kappa shape index (κ2) is 5.17. The predicted octanol–water partition coefficient (Wildman–Crippen LogP) is 2.89. The van der Waals surface area contributed by atoms with E-state index in [4.69, 9.17) is 4.74 Å². The Morgan fingerprint density at radius 2 is 2.14 bits per heavy atom. The van der Waals surface area contributed by atoms with Crippen LogP contribution in [0.25, 0.3) is 16.7 Å². The number of aromatic nitrogens is 3. The molecule has 0 unspecified atom stereocenters. The van der Waals surface area contributed by atoms with Crippen LogP contribution in [0.15, 0.2) is 40.9 Å². The number of carboxylic acids is 1. The average Bonchev–Trinajstić information content (AvgIpc) is 2.90. The number of benzene rings is 2. The molecule has 0 radical (unpaired) electrons. The van der Waals surface area contributed by atoms with Gasteiger partial charge in [0.1, 0.15) is 11.3 Å². The molecule has 7 heteroatoms. The van der Waals surface area contributed by atoms with Crippen LogP contribution in [0.3, 0.4) is 0 Å². The Morgan fingerprint density at radius 1 is 1.33 bits per heavy atom. The fourth-order valence-corrected chi connectivity index (χ4v) is 2.56. The first kappa shape index (κ1) is 13.6. The molecule has 0 atom stereocenters. The molecule has 21 heavy (non-hydrogen) atoms. The number of rotatable bonds is 3. The smallest absolute Gasteiger partial charge is 0.338 e. The zero-order valence-corrected chi connectivity index (χ0v) is 12.5. The highest BCUT2D eigenvalue weighted by Crippen LogP contribution is 2.26. The van der Waals surface area contributed by atoms with Crippen LogP contribution in [0.5, 0.6) is 5.75 Å². The number of nitrogens with zero attached hydrogens (tertiary/aromatic N) is 3. The number of hydrogen-bond donors (Lipinski definition) is 1. The summed E-state index contributed by atoms with van der Waals surface area (Å²) in [6.07, 6.45) is 0. The van der Waals surface area contributed by atoms with Crippen LogP contribution < -0.4 is 4.74 Å². The van der Waals surface area contributed by atoms with Crippen molar-refractivity contribution in [2.75, 3.05) is 7.11 Å². The molecule has 3 rings (SSSR count). The summed E-state index contributed by atoms with van der Waals surface area (Å²) in [5, 5.41) is 17.2. The lowest BCUT2D eigenvalue weighted by Gasteiger charge is -2.06. The van der Waals surface area contributed by atoms with Crippen molar-refractivity contribution < 1.29 is 14.6 Å². The maximum absolute atomic E-state index is 11.2. The van der Waals surface area contributed by atoms with Crippen molar-refractivity contribution in [3.8, 4) is 11.4 Å². The van der Waals surface area contributed by atoms with Crippen LogP contribution in [0.2, 0.25) is 0 Å². The molecule has 0 saturated heterocycles. The largest absolute Gasteiger partial charge is 0.497 e. The zero-order valence-electron chi connectivity index (χ0n) is 10.9. The lowest BCUT2D eigenvalue weighted by atomic mass is 10.2. The lowest BCUT2D eigenvalue weighted by molar-refractivity contribution is 0.0699. The fourth-order valence-electron chi connectivity index (χ4n) is 2.10. The summed E-state index contributed by atoms with van der Waals surface area (Å²) in [4.78, 5) is 11.2. The molecule has 1 heterocycles. The van der Waals surface area contributed by atoms with Gasteiger partial charge >= 0.3 is 5.97 Å². The highest BCUT2D eigenvalue weighted by molar-refractivity contribution is 9.10. The average molecular weight is 348 g/mol. The third-order valence-corrected chi connectivity index (χ3v) is 3.50. The number of hydrogen-bond acceptors (Lipinski definition) is 4. The molecule has 0 bridgehead atoms. The van der Waals surface area contributed by atoms with Crippen LogP contribution in [-0.2, 0) is 0 Å². The highest BCUT2D eigenvalue weighted by Gasteiger charge is 2.15. The molecule has 0 aliphatic heterocycles. The molecular weight excluding hydrogens is 338 g/mol. The first-order valence-electron chi connectivity index (χ1n) is 6.03. The number of ether oxygens (including phenoxy) is 1. The summed E-state index contributed by atoms with van der Waals surface area (Å²) >= 11 is 3.41. The molecule has 0 aliphatic rings. The van der Waals surface area contributed by atoms with E-state index in [2.05, 4.69) is 26.2 Å². The number of halogens is 1. The Kier molecular flexibility index (Phi) is 3.34. The van der Waals surface area contributed by atoms with E-state index in [1.807, 2.05) is 12.1 Å². The van der Waals surface area contributed by atoms with E-state index in [0.717, 1.165) is 10.2 Å². The predicted molar refractivity (Wildman–Crippen MR) is 80.1 cm³/mol. The van der Waals surface area contributed by atoms with Gasteiger partial charge in [-0.05, 0) is 24.3 Å². The summed E-state index contributed by atoms with van der Waals surface area (Å²) in [5.41, 5.74) is 1.82. The van der Waals surface area contributed by atoms with Crippen molar-refractivity contribution >= 4 is 32.9 Å². The second-order valence-electron chi connectivity index (χ2n) is 4.33. The molecule has 0 amide bonds. The van der Waals surface area contributed by atoms with Crippen molar-refractivity contribution in [2.45, 2.75) is 0 Å². The third kappa shape index (κ3) is 2.36. The molecule has 6 nitrogen and oxygen atoms in total. The van der Waals surface area contributed by atoms with Crippen LogP contribution in [0.4, 0.5) is 0 Å². The Morgan fingerprint density at radius 3 is 2.86 bits per heavy atom. The number of carbonyl (C=O) groups is 1. The molecule has 1 aromatic heterocycles. The van der Waals surface area contributed by atoms with Crippen molar-refractivity contribution in [1.29, 1.82) is 0 Å². The maximum Gasteiger partial charge on any atom is 0.338 e. The number of aromatic carboxylic acids is 1. The topological polar surface area (TPSA) is 77.2 Å². The van der Waals surface area contributed by atoms with Crippen molar-refractivity contribution in [1.82, 2.24) is 15.0 Å². The second-order valence-corrected chi connectivity index (χ2v) is 5.24. The number of methoxy groups -OCH3 is 1. The molecule has 0 spiro atoms. The van der Waals surface area contributed by atoms with Crippen LogP contribution >= 0.6 is 15.9 Å². The van der Waals surface area contributed by atoms with E-state index >= 15 is 0 Å². The third-order valence-electron chi connectivity index (χ3n) is 3.04. The summed E-state index contributed by atoms with van der Waals surface area (Å²) in [6, 6.07) is 10.4. The van der Waals surface area contributed by atoms with Crippen LogP contribution in [0, 0.1) is 0 Å². The van der Waals surface area contributed by atoms with Gasteiger partial charge in [0.2, 0.25) is 0 Å². The molecule has 0 aliphatic carbocycles. The van der Waals surface area contributed by atoms with Crippen molar-refractivity contribution in [2.24, 2.45) is 0 Å². The van der Waals surface area contributed by atoms with E-state index in [1.54, 1.807) is 30.0 Å². The first-order valence-corrected chi connectivity index (χ1v) is 6.82. The standard InChI is InChI=1S/C14H10BrN3O3/c1-21-10-6-8(15)5-9(7-10)18-12-4-2-3-11(14(19)20)13(12)16-17-18/h2-7H,1H3,(H,19,20). The normalized spacial score (nSPS) is 10.8. The van der Waals surface area contributed by atoms with Gasteiger partial charge in [0.15, 0.2) is 0 Å². The van der Waals surface area contributed by atoms with Gasteiger partial charge in [0, 0.05) is 10.5 Å². The minimum absolute atomic E-state index is 0.126. The molecule has 3 aromatic rings. The summed E-state index contributed by atoms with van der Waals surface area (Å²) in [7, 11) is 1.58. The molecule has 0 saturated carbocycles. The summed E-state index contributed by atoms with van der Waals surface area (Å²) < 4.78 is 7.63. The SMILES string of the molecule is COc1cc(Br)cc(-n2nnc3c(C(=O)O)cccc32)c1. The summed E-state index contributed by atoms with van der Waals surface area (Å²) in [5.74, 6) is -0.364. The Labute approximate surface area is 128 Å².